The third-order valence-electron chi connectivity index (χ3n) is 3.84. The lowest BCUT2D eigenvalue weighted by Gasteiger charge is -2.22. The molecule has 0 amide bonds. The highest BCUT2D eigenvalue weighted by Crippen LogP contribution is 2.25. The van der Waals surface area contributed by atoms with Gasteiger partial charge in [-0.2, -0.15) is 11.3 Å². The van der Waals surface area contributed by atoms with Crippen LogP contribution in [-0.2, 0) is 11.8 Å². The van der Waals surface area contributed by atoms with Gasteiger partial charge in [0.1, 0.15) is 0 Å². The van der Waals surface area contributed by atoms with Crippen LogP contribution in [0.25, 0.3) is 0 Å². The largest absolute Gasteiger partial charge is 0.310 e. The number of hydrogen-bond donors (Lipinski definition) is 1. The average molecular weight is 301 g/mol. The fourth-order valence-corrected chi connectivity index (χ4v) is 3.17. The molecule has 1 unspecified atom stereocenters. The molecule has 2 heteroatoms. The van der Waals surface area contributed by atoms with E-state index < -0.39 is 0 Å². The monoisotopic (exact) mass is 301 g/mol. The van der Waals surface area contributed by atoms with Gasteiger partial charge in [0.05, 0.1) is 0 Å². The Labute approximate surface area is 133 Å². The van der Waals surface area contributed by atoms with Gasteiger partial charge in [0.25, 0.3) is 0 Å². The lowest BCUT2D eigenvalue weighted by Crippen LogP contribution is -2.24. The highest BCUT2D eigenvalue weighted by atomic mass is 32.1. The molecule has 114 valence electrons. The van der Waals surface area contributed by atoms with Crippen LogP contribution in [0.1, 0.15) is 56.8 Å². The summed E-state index contributed by atoms with van der Waals surface area (Å²) in [5.41, 5.74) is 4.44. The Bertz CT molecular complexity index is 520. The van der Waals surface area contributed by atoms with Crippen LogP contribution < -0.4 is 5.32 Å². The summed E-state index contributed by atoms with van der Waals surface area (Å²) in [6.45, 7) is 10.1. The minimum absolute atomic E-state index is 0.220. The first kappa shape index (κ1) is 16.3. The van der Waals surface area contributed by atoms with Crippen molar-refractivity contribution in [1.82, 2.24) is 5.32 Å². The van der Waals surface area contributed by atoms with Gasteiger partial charge in [-0.1, -0.05) is 52.0 Å². The summed E-state index contributed by atoms with van der Waals surface area (Å²) in [5, 5.41) is 8.10. The van der Waals surface area contributed by atoms with E-state index in [2.05, 4.69) is 74.1 Å². The van der Waals surface area contributed by atoms with Gasteiger partial charge >= 0.3 is 0 Å². The van der Waals surface area contributed by atoms with E-state index in [-0.39, 0.29) is 5.41 Å². The quantitative estimate of drug-likeness (QED) is 0.760. The van der Waals surface area contributed by atoms with E-state index in [1.165, 1.54) is 23.1 Å². The van der Waals surface area contributed by atoms with Crippen molar-refractivity contribution in [2.75, 3.05) is 6.54 Å². The zero-order chi connectivity index (χ0) is 15.3. The Morgan fingerprint density at radius 1 is 1.10 bits per heavy atom. The van der Waals surface area contributed by atoms with E-state index in [1.807, 2.05) is 0 Å². The minimum Gasteiger partial charge on any atom is -0.310 e. The number of hydrogen-bond acceptors (Lipinski definition) is 2. The van der Waals surface area contributed by atoms with Crippen molar-refractivity contribution in [2.45, 2.75) is 52.0 Å². The van der Waals surface area contributed by atoms with Gasteiger partial charge in [-0.25, -0.2) is 0 Å². The second-order valence-electron chi connectivity index (χ2n) is 6.71. The molecule has 1 nitrogen and oxygen atoms in total. The summed E-state index contributed by atoms with van der Waals surface area (Å²) in [5.74, 6) is 0. The molecule has 2 aromatic rings. The summed E-state index contributed by atoms with van der Waals surface area (Å²) < 4.78 is 0. The van der Waals surface area contributed by atoms with E-state index in [0.717, 1.165) is 13.0 Å². The molecule has 1 atom stereocenters. The number of nitrogens with one attached hydrogen (secondary N) is 1. The SMILES string of the molecule is CCCNC(Cc1ccsc1)c1ccc(C(C)(C)C)cc1. The zero-order valence-corrected chi connectivity index (χ0v) is 14.5. The molecule has 1 heterocycles. The maximum atomic E-state index is 3.69. The Balaban J connectivity index is 2.15. The topological polar surface area (TPSA) is 12.0 Å². The number of benzene rings is 1. The molecule has 2 rings (SSSR count). The summed E-state index contributed by atoms with van der Waals surface area (Å²) in [6.07, 6.45) is 2.23. The van der Waals surface area contributed by atoms with Gasteiger partial charge in [0, 0.05) is 6.04 Å². The zero-order valence-electron chi connectivity index (χ0n) is 13.6. The highest BCUT2D eigenvalue weighted by molar-refractivity contribution is 7.07. The Morgan fingerprint density at radius 3 is 2.33 bits per heavy atom. The maximum Gasteiger partial charge on any atom is 0.0361 e. The summed E-state index contributed by atoms with van der Waals surface area (Å²) in [6, 6.07) is 11.8. The third kappa shape index (κ3) is 4.69. The van der Waals surface area contributed by atoms with Crippen molar-refractivity contribution in [3.8, 4) is 0 Å². The van der Waals surface area contributed by atoms with Crippen LogP contribution in [0.3, 0.4) is 0 Å². The van der Waals surface area contributed by atoms with Gasteiger partial charge in [0.15, 0.2) is 0 Å². The van der Waals surface area contributed by atoms with E-state index in [1.54, 1.807) is 11.3 Å². The second kappa shape index (κ2) is 7.24. The molecule has 0 fully saturated rings. The van der Waals surface area contributed by atoms with Crippen molar-refractivity contribution in [1.29, 1.82) is 0 Å². The van der Waals surface area contributed by atoms with Crippen LogP contribution in [0, 0.1) is 0 Å². The Morgan fingerprint density at radius 2 is 1.81 bits per heavy atom. The molecule has 1 aromatic heterocycles. The summed E-state index contributed by atoms with van der Waals surface area (Å²) in [4.78, 5) is 0. The standard InChI is InChI=1S/C19H27NS/c1-5-11-20-18(13-15-10-12-21-14-15)16-6-8-17(9-7-16)19(2,3)4/h6-10,12,14,18,20H,5,11,13H2,1-4H3. The van der Waals surface area contributed by atoms with Crippen molar-refractivity contribution >= 4 is 11.3 Å². The van der Waals surface area contributed by atoms with Crippen LogP contribution in [0.15, 0.2) is 41.1 Å². The van der Waals surface area contributed by atoms with E-state index in [9.17, 15) is 0 Å². The third-order valence-corrected chi connectivity index (χ3v) is 4.57. The molecular formula is C19H27NS. The minimum atomic E-state index is 0.220. The van der Waals surface area contributed by atoms with Crippen LogP contribution in [0.2, 0.25) is 0 Å². The molecule has 21 heavy (non-hydrogen) atoms. The smallest absolute Gasteiger partial charge is 0.0361 e. The lowest BCUT2D eigenvalue weighted by atomic mass is 9.86. The first-order valence-electron chi connectivity index (χ1n) is 7.85. The maximum absolute atomic E-state index is 3.69. The van der Waals surface area contributed by atoms with Crippen molar-refractivity contribution < 1.29 is 0 Å². The fraction of sp³-hybridized carbons (Fsp3) is 0.474. The Kier molecular flexibility index (Phi) is 5.60. The van der Waals surface area contributed by atoms with Crippen LogP contribution in [-0.4, -0.2) is 6.54 Å². The molecule has 0 radical (unpaired) electrons. The van der Waals surface area contributed by atoms with E-state index in [0.29, 0.717) is 6.04 Å². The van der Waals surface area contributed by atoms with Crippen LogP contribution >= 0.6 is 11.3 Å². The van der Waals surface area contributed by atoms with Gasteiger partial charge in [0.2, 0.25) is 0 Å². The molecule has 0 spiro atoms. The molecule has 0 saturated carbocycles. The normalized spacial score (nSPS) is 13.3. The summed E-state index contributed by atoms with van der Waals surface area (Å²) >= 11 is 1.78. The predicted octanol–water partition coefficient (Wildman–Crippen LogP) is 5.33. The van der Waals surface area contributed by atoms with Gasteiger partial charge < -0.3 is 5.32 Å². The molecule has 0 saturated heterocycles. The van der Waals surface area contributed by atoms with E-state index >= 15 is 0 Å². The summed E-state index contributed by atoms with van der Waals surface area (Å²) in [7, 11) is 0. The van der Waals surface area contributed by atoms with Gasteiger partial charge in [-0.05, 0) is 58.3 Å². The predicted molar refractivity (Wildman–Crippen MR) is 94.2 cm³/mol. The van der Waals surface area contributed by atoms with Crippen molar-refractivity contribution in [3.63, 3.8) is 0 Å². The number of thiophene rings is 1. The van der Waals surface area contributed by atoms with Crippen LogP contribution in [0.5, 0.6) is 0 Å². The molecule has 0 aliphatic rings. The molecule has 0 bridgehead atoms. The first-order chi connectivity index (χ1) is 10.0. The highest BCUT2D eigenvalue weighted by Gasteiger charge is 2.16. The Hall–Kier alpha value is -1.12. The lowest BCUT2D eigenvalue weighted by molar-refractivity contribution is 0.528. The number of rotatable bonds is 6. The second-order valence-corrected chi connectivity index (χ2v) is 7.49. The molecule has 0 aliphatic heterocycles. The first-order valence-corrected chi connectivity index (χ1v) is 8.80. The fourth-order valence-electron chi connectivity index (χ4n) is 2.49. The molecule has 1 aromatic carbocycles. The van der Waals surface area contributed by atoms with Gasteiger partial charge in [-0.15, -0.1) is 0 Å². The van der Waals surface area contributed by atoms with Crippen molar-refractivity contribution in [2.24, 2.45) is 0 Å². The van der Waals surface area contributed by atoms with Crippen LogP contribution in [0.4, 0.5) is 0 Å². The average Bonchev–Trinajstić information content (AvgIpc) is 2.95. The van der Waals surface area contributed by atoms with Gasteiger partial charge in [-0.3, -0.25) is 0 Å². The molecule has 1 N–H and O–H groups in total. The van der Waals surface area contributed by atoms with Crippen molar-refractivity contribution in [3.05, 3.63) is 57.8 Å². The molecule has 0 aliphatic carbocycles. The molecular weight excluding hydrogens is 274 g/mol. The van der Waals surface area contributed by atoms with E-state index in [4.69, 9.17) is 0 Å².